The molecule has 0 bridgehead atoms. The minimum atomic E-state index is -4.31. The molecular weight excluding hydrogens is 452 g/mol. The fraction of sp³-hybridized carbons (Fsp3) is 0.455. The van der Waals surface area contributed by atoms with Crippen molar-refractivity contribution in [3.63, 3.8) is 0 Å². The fourth-order valence-corrected chi connectivity index (χ4v) is 5.24. The first kappa shape index (κ1) is 24.4. The van der Waals surface area contributed by atoms with E-state index in [1.807, 2.05) is 6.07 Å². The van der Waals surface area contributed by atoms with Crippen LogP contribution in [0.15, 0.2) is 28.7 Å². The lowest BCUT2D eigenvalue weighted by molar-refractivity contribution is 0.0605. The van der Waals surface area contributed by atoms with E-state index in [4.69, 9.17) is 13.7 Å². The molecule has 3 aromatic rings. The number of rotatable bonds is 9. The summed E-state index contributed by atoms with van der Waals surface area (Å²) < 4.78 is 43.3. The molecule has 0 spiro atoms. The van der Waals surface area contributed by atoms with Crippen molar-refractivity contribution in [1.29, 1.82) is 0 Å². The Kier molecular flexibility index (Phi) is 7.39. The second kappa shape index (κ2) is 9.70. The molecule has 2 N–H and O–H groups in total. The van der Waals surface area contributed by atoms with Gasteiger partial charge in [-0.05, 0) is 68.5 Å². The Bertz CT molecular complexity index is 1160. The van der Waals surface area contributed by atoms with Crippen LogP contribution in [0.1, 0.15) is 36.8 Å². The average molecular weight is 481 g/mol. The highest BCUT2D eigenvalue weighted by atomic mass is 32.2. The van der Waals surface area contributed by atoms with Gasteiger partial charge >= 0.3 is 0 Å². The fourth-order valence-electron chi connectivity index (χ4n) is 3.33. The normalized spacial score (nSPS) is 14.0. The zero-order chi connectivity index (χ0) is 23.6. The predicted octanol–water partition coefficient (Wildman–Crippen LogP) is 4.30. The Morgan fingerprint density at radius 1 is 1.09 bits per heavy atom. The standard InChI is InChI=1S/C22H28N2O6S2/c1-12(2)8-17-6-7-19(31-17)22-24-23-21(30-22)16-9-13(3)20(14(4)10-16)29-18(15(5)25)11-32(26,27)28/h6-7,9-10,12,15,18,25H,8,11H2,1-5H3,(H,26,27,28). The molecule has 0 aliphatic rings. The molecule has 3 rings (SSSR count). The van der Waals surface area contributed by atoms with Crippen LogP contribution >= 0.6 is 11.3 Å². The highest BCUT2D eigenvalue weighted by Gasteiger charge is 2.25. The summed E-state index contributed by atoms with van der Waals surface area (Å²) in [5, 5.41) is 18.2. The number of nitrogens with zero attached hydrogens (tertiary/aromatic N) is 2. The summed E-state index contributed by atoms with van der Waals surface area (Å²) in [5.41, 5.74) is 2.11. The summed E-state index contributed by atoms with van der Waals surface area (Å²) in [5.74, 6) is 1.11. The lowest BCUT2D eigenvalue weighted by atomic mass is 10.1. The maximum absolute atomic E-state index is 11.3. The van der Waals surface area contributed by atoms with E-state index in [1.165, 1.54) is 11.8 Å². The van der Waals surface area contributed by atoms with Gasteiger partial charge in [0.05, 0.1) is 11.0 Å². The number of aliphatic hydroxyl groups is 1. The van der Waals surface area contributed by atoms with Crippen LogP contribution < -0.4 is 4.74 Å². The van der Waals surface area contributed by atoms with Crippen molar-refractivity contribution < 1.29 is 27.2 Å². The molecule has 0 aliphatic carbocycles. The van der Waals surface area contributed by atoms with Crippen LogP contribution in [0.5, 0.6) is 5.75 Å². The third-order valence-electron chi connectivity index (χ3n) is 4.80. The zero-order valence-corrected chi connectivity index (χ0v) is 20.3. The summed E-state index contributed by atoms with van der Waals surface area (Å²) in [6.45, 7) is 9.36. The van der Waals surface area contributed by atoms with Crippen LogP contribution in [0, 0.1) is 19.8 Å². The highest BCUT2D eigenvalue weighted by Crippen LogP contribution is 2.34. The first-order valence-electron chi connectivity index (χ1n) is 10.3. The van der Waals surface area contributed by atoms with Crippen LogP contribution in [0.2, 0.25) is 0 Å². The smallest absolute Gasteiger partial charge is 0.268 e. The molecule has 1 aromatic carbocycles. The number of benzene rings is 1. The van der Waals surface area contributed by atoms with Crippen molar-refractivity contribution in [2.45, 2.75) is 53.2 Å². The number of aryl methyl sites for hydroxylation is 2. The minimum absolute atomic E-state index is 0.363. The van der Waals surface area contributed by atoms with Gasteiger partial charge < -0.3 is 14.3 Å². The van der Waals surface area contributed by atoms with Crippen LogP contribution in [0.25, 0.3) is 22.2 Å². The third kappa shape index (κ3) is 6.16. The summed E-state index contributed by atoms with van der Waals surface area (Å²) in [6, 6.07) is 7.66. The molecule has 0 radical (unpaired) electrons. The largest absolute Gasteiger partial charge is 0.486 e. The van der Waals surface area contributed by atoms with Gasteiger partial charge in [0.1, 0.15) is 17.6 Å². The molecule has 0 fully saturated rings. The number of aromatic nitrogens is 2. The predicted molar refractivity (Wildman–Crippen MR) is 124 cm³/mol. The molecule has 0 aliphatic heterocycles. The number of hydrogen-bond donors (Lipinski definition) is 2. The molecule has 0 saturated heterocycles. The van der Waals surface area contributed by atoms with Crippen LogP contribution in [0.4, 0.5) is 0 Å². The first-order chi connectivity index (χ1) is 14.9. The van der Waals surface area contributed by atoms with E-state index in [1.54, 1.807) is 37.3 Å². The van der Waals surface area contributed by atoms with Crippen molar-refractivity contribution in [2.75, 3.05) is 5.75 Å². The van der Waals surface area contributed by atoms with Gasteiger partial charge in [0, 0.05) is 10.4 Å². The van der Waals surface area contributed by atoms with E-state index < -0.39 is 28.1 Å². The van der Waals surface area contributed by atoms with E-state index in [2.05, 4.69) is 30.1 Å². The van der Waals surface area contributed by atoms with E-state index in [0.29, 0.717) is 40.1 Å². The number of hydrogen-bond acceptors (Lipinski definition) is 8. The maximum atomic E-state index is 11.3. The minimum Gasteiger partial charge on any atom is -0.486 e. The molecule has 8 nitrogen and oxygen atoms in total. The second-order valence-corrected chi connectivity index (χ2v) is 11.0. The molecule has 32 heavy (non-hydrogen) atoms. The van der Waals surface area contributed by atoms with Crippen LogP contribution in [-0.2, 0) is 16.5 Å². The lowest BCUT2D eigenvalue weighted by Crippen LogP contribution is -2.36. The van der Waals surface area contributed by atoms with E-state index in [-0.39, 0.29) is 0 Å². The number of thiophene rings is 1. The Labute approximate surface area is 192 Å². The lowest BCUT2D eigenvalue weighted by Gasteiger charge is -2.23. The molecule has 174 valence electrons. The monoisotopic (exact) mass is 480 g/mol. The molecule has 2 unspecified atom stereocenters. The van der Waals surface area contributed by atoms with Crippen molar-refractivity contribution in [3.05, 3.63) is 40.3 Å². The zero-order valence-electron chi connectivity index (χ0n) is 18.7. The van der Waals surface area contributed by atoms with Crippen molar-refractivity contribution in [2.24, 2.45) is 5.92 Å². The molecule has 2 heterocycles. The number of aliphatic hydroxyl groups excluding tert-OH is 1. The summed E-state index contributed by atoms with van der Waals surface area (Å²) in [6.07, 6.45) is -1.21. The van der Waals surface area contributed by atoms with Gasteiger partial charge in [0.25, 0.3) is 16.0 Å². The Morgan fingerprint density at radius 3 is 2.28 bits per heavy atom. The average Bonchev–Trinajstić information content (AvgIpc) is 3.31. The van der Waals surface area contributed by atoms with E-state index in [0.717, 1.165) is 11.3 Å². The van der Waals surface area contributed by atoms with Crippen LogP contribution in [-0.4, -0.2) is 46.2 Å². The van der Waals surface area contributed by atoms with Gasteiger partial charge in [-0.2, -0.15) is 8.42 Å². The molecule has 2 atom stereocenters. The first-order valence-corrected chi connectivity index (χ1v) is 12.7. The quantitative estimate of drug-likeness (QED) is 0.435. The van der Waals surface area contributed by atoms with Gasteiger partial charge in [-0.1, -0.05) is 13.8 Å². The molecule has 0 amide bonds. The van der Waals surface area contributed by atoms with Gasteiger partial charge in [-0.25, -0.2) is 0 Å². The highest BCUT2D eigenvalue weighted by molar-refractivity contribution is 7.85. The number of ether oxygens (including phenoxy) is 1. The van der Waals surface area contributed by atoms with E-state index in [9.17, 15) is 13.5 Å². The topological polar surface area (TPSA) is 123 Å². The van der Waals surface area contributed by atoms with Crippen molar-refractivity contribution >= 4 is 21.5 Å². The van der Waals surface area contributed by atoms with Gasteiger partial charge in [0.2, 0.25) is 5.89 Å². The molecule has 0 saturated carbocycles. The molecule has 2 aromatic heterocycles. The summed E-state index contributed by atoms with van der Waals surface area (Å²) >= 11 is 1.64. The Balaban J connectivity index is 1.84. The van der Waals surface area contributed by atoms with Gasteiger partial charge in [0.15, 0.2) is 0 Å². The Hall–Kier alpha value is -2.27. The van der Waals surface area contributed by atoms with Crippen molar-refractivity contribution in [1.82, 2.24) is 10.2 Å². The Morgan fingerprint density at radius 2 is 1.72 bits per heavy atom. The van der Waals surface area contributed by atoms with Crippen LogP contribution in [0.3, 0.4) is 0 Å². The molecular formula is C22H28N2O6S2. The maximum Gasteiger partial charge on any atom is 0.268 e. The molecule has 10 heteroatoms. The van der Waals surface area contributed by atoms with Gasteiger partial charge in [-0.3, -0.25) is 4.55 Å². The SMILES string of the molecule is Cc1cc(-c2nnc(-c3ccc(CC(C)C)s3)o2)cc(C)c1OC(CS(=O)(=O)O)C(C)O. The van der Waals surface area contributed by atoms with E-state index >= 15 is 0 Å². The van der Waals surface area contributed by atoms with Crippen molar-refractivity contribution in [3.8, 4) is 28.0 Å². The van der Waals surface area contributed by atoms with Gasteiger partial charge in [-0.15, -0.1) is 21.5 Å². The summed E-state index contributed by atoms with van der Waals surface area (Å²) in [7, 11) is -4.31. The third-order valence-corrected chi connectivity index (χ3v) is 6.64. The second-order valence-electron chi connectivity index (χ2n) is 8.36. The summed E-state index contributed by atoms with van der Waals surface area (Å²) in [4.78, 5) is 2.18.